The predicted octanol–water partition coefficient (Wildman–Crippen LogP) is 1.78. The molecule has 0 aliphatic heterocycles. The van der Waals surface area contributed by atoms with Gasteiger partial charge in [-0.05, 0) is 33.8 Å². The third kappa shape index (κ3) is 4.04. The number of benzene rings is 1. The molecule has 1 atom stereocenters. The summed E-state index contributed by atoms with van der Waals surface area (Å²) in [6, 6.07) is 5.60. The van der Waals surface area contributed by atoms with Crippen LogP contribution in [0.3, 0.4) is 0 Å². The molecule has 0 aliphatic carbocycles. The molecular formula is C14H21NO3. The van der Waals surface area contributed by atoms with Crippen molar-refractivity contribution in [3.05, 3.63) is 29.3 Å². The van der Waals surface area contributed by atoms with E-state index in [1.54, 1.807) is 13.0 Å². The molecule has 1 aromatic rings. The van der Waals surface area contributed by atoms with Crippen LogP contribution in [0.25, 0.3) is 0 Å². The SMILES string of the molecule is Cc1ccc(OC(C)C(=O)NC(C)C)c(CO)c1. The van der Waals surface area contributed by atoms with Crippen molar-refractivity contribution in [2.45, 2.75) is 46.4 Å². The fourth-order valence-corrected chi connectivity index (χ4v) is 1.59. The van der Waals surface area contributed by atoms with Gasteiger partial charge in [0.1, 0.15) is 5.75 Å². The summed E-state index contributed by atoms with van der Waals surface area (Å²) in [5, 5.41) is 12.0. The highest BCUT2D eigenvalue weighted by Crippen LogP contribution is 2.21. The Morgan fingerprint density at radius 3 is 2.61 bits per heavy atom. The Balaban J connectivity index is 2.75. The lowest BCUT2D eigenvalue weighted by Gasteiger charge is -2.18. The smallest absolute Gasteiger partial charge is 0.260 e. The van der Waals surface area contributed by atoms with E-state index in [9.17, 15) is 9.90 Å². The Labute approximate surface area is 108 Å². The van der Waals surface area contributed by atoms with E-state index in [1.807, 2.05) is 32.9 Å². The minimum atomic E-state index is -0.583. The molecule has 0 saturated carbocycles. The molecule has 18 heavy (non-hydrogen) atoms. The van der Waals surface area contributed by atoms with E-state index in [1.165, 1.54) is 0 Å². The highest BCUT2D eigenvalue weighted by atomic mass is 16.5. The van der Waals surface area contributed by atoms with E-state index in [0.717, 1.165) is 5.56 Å². The molecule has 0 saturated heterocycles. The Morgan fingerprint density at radius 2 is 2.06 bits per heavy atom. The summed E-state index contributed by atoms with van der Waals surface area (Å²) in [6.07, 6.45) is -0.583. The lowest BCUT2D eigenvalue weighted by Crippen LogP contribution is -2.40. The second kappa shape index (κ2) is 6.40. The van der Waals surface area contributed by atoms with Crippen molar-refractivity contribution in [1.29, 1.82) is 0 Å². The average molecular weight is 251 g/mol. The Morgan fingerprint density at radius 1 is 1.39 bits per heavy atom. The molecule has 0 aliphatic rings. The number of amides is 1. The maximum Gasteiger partial charge on any atom is 0.260 e. The summed E-state index contributed by atoms with van der Waals surface area (Å²) in [5.41, 5.74) is 1.74. The second-order valence-corrected chi connectivity index (χ2v) is 4.69. The van der Waals surface area contributed by atoms with Gasteiger partial charge in [0.15, 0.2) is 6.10 Å². The van der Waals surface area contributed by atoms with E-state index in [-0.39, 0.29) is 18.6 Å². The van der Waals surface area contributed by atoms with E-state index >= 15 is 0 Å². The quantitative estimate of drug-likeness (QED) is 0.838. The van der Waals surface area contributed by atoms with Crippen LogP contribution >= 0.6 is 0 Å². The molecule has 0 fully saturated rings. The minimum absolute atomic E-state index is 0.0823. The van der Waals surface area contributed by atoms with E-state index in [0.29, 0.717) is 11.3 Å². The first kappa shape index (κ1) is 14.5. The van der Waals surface area contributed by atoms with Gasteiger partial charge < -0.3 is 15.2 Å². The van der Waals surface area contributed by atoms with Crippen molar-refractivity contribution in [2.75, 3.05) is 0 Å². The number of aliphatic hydroxyl groups excluding tert-OH is 1. The number of carbonyl (C=O) groups excluding carboxylic acids is 1. The number of carbonyl (C=O) groups is 1. The number of aliphatic hydroxyl groups is 1. The largest absolute Gasteiger partial charge is 0.481 e. The van der Waals surface area contributed by atoms with Gasteiger partial charge in [0, 0.05) is 11.6 Å². The van der Waals surface area contributed by atoms with Crippen molar-refractivity contribution in [2.24, 2.45) is 0 Å². The number of ether oxygens (including phenoxy) is 1. The molecule has 0 bridgehead atoms. The fourth-order valence-electron chi connectivity index (χ4n) is 1.59. The van der Waals surface area contributed by atoms with E-state index < -0.39 is 6.10 Å². The summed E-state index contributed by atoms with van der Waals surface area (Å²) in [7, 11) is 0. The Hall–Kier alpha value is -1.55. The number of aryl methyl sites for hydroxylation is 1. The Kier molecular flexibility index (Phi) is 5.16. The van der Waals surface area contributed by atoms with Crippen LogP contribution in [0, 0.1) is 6.92 Å². The maximum atomic E-state index is 11.7. The van der Waals surface area contributed by atoms with Crippen LogP contribution in [-0.4, -0.2) is 23.2 Å². The monoisotopic (exact) mass is 251 g/mol. The van der Waals surface area contributed by atoms with E-state index in [2.05, 4.69) is 5.32 Å². The molecule has 1 unspecified atom stereocenters. The zero-order chi connectivity index (χ0) is 13.7. The second-order valence-electron chi connectivity index (χ2n) is 4.69. The van der Waals surface area contributed by atoms with Crippen LogP contribution in [0.5, 0.6) is 5.75 Å². The standard InChI is InChI=1S/C14H21NO3/c1-9(2)15-14(17)11(4)18-13-6-5-10(3)7-12(13)8-16/h5-7,9,11,16H,8H2,1-4H3,(H,15,17). The normalized spacial score (nSPS) is 12.3. The lowest BCUT2D eigenvalue weighted by molar-refractivity contribution is -0.127. The molecule has 4 nitrogen and oxygen atoms in total. The van der Waals surface area contributed by atoms with Gasteiger partial charge in [-0.25, -0.2) is 0 Å². The number of hydrogen-bond acceptors (Lipinski definition) is 3. The molecule has 1 amide bonds. The van der Waals surface area contributed by atoms with Crippen LogP contribution in [0.2, 0.25) is 0 Å². The summed E-state index contributed by atoms with van der Waals surface area (Å²) < 4.78 is 5.58. The van der Waals surface area contributed by atoms with Crippen molar-refractivity contribution >= 4 is 5.91 Å². The Bertz CT molecular complexity index is 416. The molecule has 1 rings (SSSR count). The van der Waals surface area contributed by atoms with Crippen LogP contribution in [0.15, 0.2) is 18.2 Å². The summed E-state index contributed by atoms with van der Waals surface area (Å²) in [6.45, 7) is 7.33. The predicted molar refractivity (Wildman–Crippen MR) is 70.5 cm³/mol. The summed E-state index contributed by atoms with van der Waals surface area (Å²) >= 11 is 0. The van der Waals surface area contributed by atoms with Crippen molar-refractivity contribution < 1.29 is 14.6 Å². The van der Waals surface area contributed by atoms with Crippen molar-refractivity contribution in [3.63, 3.8) is 0 Å². The zero-order valence-corrected chi connectivity index (χ0v) is 11.4. The average Bonchev–Trinajstić information content (AvgIpc) is 2.30. The van der Waals surface area contributed by atoms with Gasteiger partial charge in [-0.2, -0.15) is 0 Å². The van der Waals surface area contributed by atoms with Crippen LogP contribution in [-0.2, 0) is 11.4 Å². The first-order valence-electron chi connectivity index (χ1n) is 6.11. The topological polar surface area (TPSA) is 58.6 Å². The van der Waals surface area contributed by atoms with Gasteiger partial charge in [-0.3, -0.25) is 4.79 Å². The van der Waals surface area contributed by atoms with Crippen molar-refractivity contribution in [3.8, 4) is 5.75 Å². The van der Waals surface area contributed by atoms with Crippen LogP contribution < -0.4 is 10.1 Å². The number of rotatable bonds is 5. The molecule has 0 aromatic heterocycles. The number of nitrogens with one attached hydrogen (secondary N) is 1. The first-order valence-corrected chi connectivity index (χ1v) is 6.11. The number of hydrogen-bond donors (Lipinski definition) is 2. The lowest BCUT2D eigenvalue weighted by atomic mass is 10.1. The van der Waals surface area contributed by atoms with Gasteiger partial charge >= 0.3 is 0 Å². The molecule has 4 heteroatoms. The van der Waals surface area contributed by atoms with Crippen LogP contribution in [0.4, 0.5) is 0 Å². The van der Waals surface area contributed by atoms with E-state index in [4.69, 9.17) is 4.74 Å². The minimum Gasteiger partial charge on any atom is -0.481 e. The third-order valence-corrected chi connectivity index (χ3v) is 2.49. The summed E-state index contributed by atoms with van der Waals surface area (Å²) in [5.74, 6) is 0.393. The molecule has 2 N–H and O–H groups in total. The molecule has 1 aromatic carbocycles. The first-order chi connectivity index (χ1) is 8.43. The third-order valence-electron chi connectivity index (χ3n) is 2.49. The van der Waals surface area contributed by atoms with Gasteiger partial charge in [0.2, 0.25) is 0 Å². The molecular weight excluding hydrogens is 230 g/mol. The van der Waals surface area contributed by atoms with Gasteiger partial charge in [0.25, 0.3) is 5.91 Å². The molecule has 0 heterocycles. The van der Waals surface area contributed by atoms with Crippen molar-refractivity contribution in [1.82, 2.24) is 5.32 Å². The summed E-state index contributed by atoms with van der Waals surface area (Å²) in [4.78, 5) is 11.7. The van der Waals surface area contributed by atoms with Gasteiger partial charge in [0.05, 0.1) is 6.61 Å². The highest BCUT2D eigenvalue weighted by molar-refractivity contribution is 5.80. The highest BCUT2D eigenvalue weighted by Gasteiger charge is 2.16. The maximum absolute atomic E-state index is 11.7. The van der Waals surface area contributed by atoms with Gasteiger partial charge in [-0.1, -0.05) is 17.7 Å². The fraction of sp³-hybridized carbons (Fsp3) is 0.500. The van der Waals surface area contributed by atoms with Gasteiger partial charge in [-0.15, -0.1) is 0 Å². The van der Waals surface area contributed by atoms with Crippen LogP contribution in [0.1, 0.15) is 31.9 Å². The molecule has 0 spiro atoms. The molecule has 0 radical (unpaired) electrons. The zero-order valence-electron chi connectivity index (χ0n) is 11.4. The molecule has 100 valence electrons.